The van der Waals surface area contributed by atoms with Gasteiger partial charge in [-0.25, -0.2) is 0 Å². The molecule has 28 heavy (non-hydrogen) atoms. The molecule has 4 saturated carbocycles. The third-order valence-corrected chi connectivity index (χ3v) is 7.15. The Kier molecular flexibility index (Phi) is 5.35. The van der Waals surface area contributed by atoms with E-state index in [-0.39, 0.29) is 17.2 Å². The maximum absolute atomic E-state index is 13.0. The molecule has 4 aliphatic rings. The summed E-state index contributed by atoms with van der Waals surface area (Å²) in [6, 6.07) is 7.74. The second-order valence-electron chi connectivity index (χ2n) is 9.30. The van der Waals surface area contributed by atoms with E-state index >= 15 is 0 Å². The van der Waals surface area contributed by atoms with Gasteiger partial charge in [0.2, 0.25) is 11.8 Å². The normalized spacial score (nSPS) is 30.1. The first kappa shape index (κ1) is 19.3. The van der Waals surface area contributed by atoms with Crippen LogP contribution >= 0.6 is 0 Å². The fourth-order valence-electron chi connectivity index (χ4n) is 6.14. The highest BCUT2D eigenvalue weighted by Gasteiger charge is 2.54. The standard InChI is InChI=1S/C23H32N2O3/c1-25(15-16-3-5-20(28-2)6-4-16)21(26)7-8-24-22(27)23-12-17-9-18(13-23)11-19(10-17)14-23/h3-6,17-19H,7-15H2,1-2H3,(H,24,27). The van der Waals surface area contributed by atoms with Crippen molar-refractivity contribution in [3.8, 4) is 5.75 Å². The number of carbonyl (C=O) groups excluding carboxylic acids is 2. The summed E-state index contributed by atoms with van der Waals surface area (Å²) >= 11 is 0. The fourth-order valence-corrected chi connectivity index (χ4v) is 6.14. The first-order chi connectivity index (χ1) is 13.5. The second kappa shape index (κ2) is 7.76. The minimum Gasteiger partial charge on any atom is -0.497 e. The molecule has 2 amide bonds. The number of hydrogen-bond donors (Lipinski definition) is 1. The Hall–Kier alpha value is -2.04. The quantitative estimate of drug-likeness (QED) is 0.784. The summed E-state index contributed by atoms with van der Waals surface area (Å²) in [6.45, 7) is 0.998. The number of carbonyl (C=O) groups is 2. The van der Waals surface area contributed by atoms with Crippen LogP contribution in [-0.2, 0) is 16.1 Å². The summed E-state index contributed by atoms with van der Waals surface area (Å²) in [4.78, 5) is 27.1. The Morgan fingerprint density at radius 2 is 1.64 bits per heavy atom. The van der Waals surface area contributed by atoms with Crippen molar-refractivity contribution in [2.45, 2.75) is 51.5 Å². The van der Waals surface area contributed by atoms with Crippen LogP contribution in [-0.4, -0.2) is 37.4 Å². The van der Waals surface area contributed by atoms with Crippen molar-refractivity contribution in [3.05, 3.63) is 29.8 Å². The summed E-state index contributed by atoms with van der Waals surface area (Å²) < 4.78 is 5.16. The third kappa shape index (κ3) is 3.89. The van der Waals surface area contributed by atoms with Crippen LogP contribution < -0.4 is 10.1 Å². The van der Waals surface area contributed by atoms with Gasteiger partial charge in [-0.3, -0.25) is 9.59 Å². The van der Waals surface area contributed by atoms with Crippen LogP contribution in [0.2, 0.25) is 0 Å². The van der Waals surface area contributed by atoms with Crippen LogP contribution in [0.25, 0.3) is 0 Å². The van der Waals surface area contributed by atoms with E-state index in [4.69, 9.17) is 4.74 Å². The van der Waals surface area contributed by atoms with Crippen molar-refractivity contribution < 1.29 is 14.3 Å². The maximum atomic E-state index is 13.0. The molecule has 152 valence electrons. The lowest BCUT2D eigenvalue weighted by Crippen LogP contribution is -2.53. The molecular formula is C23H32N2O3. The predicted molar refractivity (Wildman–Crippen MR) is 108 cm³/mol. The molecule has 0 saturated heterocycles. The van der Waals surface area contributed by atoms with Crippen molar-refractivity contribution in [1.29, 1.82) is 0 Å². The van der Waals surface area contributed by atoms with E-state index in [1.807, 2.05) is 31.3 Å². The Balaban J connectivity index is 1.24. The first-order valence-corrected chi connectivity index (χ1v) is 10.6. The van der Waals surface area contributed by atoms with Crippen molar-refractivity contribution >= 4 is 11.8 Å². The maximum Gasteiger partial charge on any atom is 0.226 e. The molecule has 0 aliphatic heterocycles. The average Bonchev–Trinajstić information content (AvgIpc) is 2.67. The van der Waals surface area contributed by atoms with Crippen LogP contribution in [0.1, 0.15) is 50.5 Å². The molecule has 5 rings (SSSR count). The lowest BCUT2D eigenvalue weighted by atomic mass is 9.49. The molecule has 4 fully saturated rings. The zero-order valence-corrected chi connectivity index (χ0v) is 17.1. The molecule has 4 bridgehead atoms. The number of nitrogens with zero attached hydrogens (tertiary/aromatic N) is 1. The van der Waals surface area contributed by atoms with Gasteiger partial charge in [-0.1, -0.05) is 12.1 Å². The number of rotatable bonds is 7. The minimum atomic E-state index is -0.132. The number of amides is 2. The van der Waals surface area contributed by atoms with Crippen molar-refractivity contribution in [2.24, 2.45) is 23.2 Å². The van der Waals surface area contributed by atoms with Gasteiger partial charge in [-0.05, 0) is 74.0 Å². The van der Waals surface area contributed by atoms with Gasteiger partial charge >= 0.3 is 0 Å². The lowest BCUT2D eigenvalue weighted by Gasteiger charge is -2.55. The smallest absolute Gasteiger partial charge is 0.226 e. The van der Waals surface area contributed by atoms with Gasteiger partial charge in [-0.15, -0.1) is 0 Å². The van der Waals surface area contributed by atoms with Crippen LogP contribution in [0.3, 0.4) is 0 Å². The molecule has 0 heterocycles. The van der Waals surface area contributed by atoms with Gasteiger partial charge in [0.15, 0.2) is 0 Å². The molecule has 0 radical (unpaired) electrons. The fraction of sp³-hybridized carbons (Fsp3) is 0.652. The Labute approximate surface area is 167 Å². The first-order valence-electron chi connectivity index (χ1n) is 10.6. The van der Waals surface area contributed by atoms with Crippen molar-refractivity contribution in [2.75, 3.05) is 20.7 Å². The van der Waals surface area contributed by atoms with Gasteiger partial charge in [0.05, 0.1) is 7.11 Å². The SMILES string of the molecule is COc1ccc(CN(C)C(=O)CCNC(=O)C23CC4CC(CC(C4)C2)C3)cc1. The third-order valence-electron chi connectivity index (χ3n) is 7.15. The van der Waals surface area contributed by atoms with Gasteiger partial charge in [-0.2, -0.15) is 0 Å². The van der Waals surface area contributed by atoms with Gasteiger partial charge in [0.25, 0.3) is 0 Å². The number of hydrogen-bond acceptors (Lipinski definition) is 3. The summed E-state index contributed by atoms with van der Waals surface area (Å²) in [5.41, 5.74) is 0.932. The van der Waals surface area contributed by atoms with E-state index in [9.17, 15) is 9.59 Å². The van der Waals surface area contributed by atoms with Crippen LogP contribution in [0.15, 0.2) is 24.3 Å². The second-order valence-corrected chi connectivity index (χ2v) is 9.30. The van der Waals surface area contributed by atoms with E-state index in [2.05, 4.69) is 5.32 Å². The van der Waals surface area contributed by atoms with E-state index < -0.39 is 0 Å². The number of nitrogens with one attached hydrogen (secondary N) is 1. The van der Waals surface area contributed by atoms with Gasteiger partial charge < -0.3 is 15.0 Å². The molecule has 5 nitrogen and oxygen atoms in total. The van der Waals surface area contributed by atoms with E-state index in [0.29, 0.717) is 19.5 Å². The molecule has 1 aromatic carbocycles. The molecule has 1 N–H and O–H groups in total. The van der Waals surface area contributed by atoms with E-state index in [0.717, 1.165) is 48.3 Å². The molecule has 0 aromatic heterocycles. The highest BCUT2D eigenvalue weighted by Crippen LogP contribution is 2.60. The van der Waals surface area contributed by atoms with Crippen LogP contribution in [0.4, 0.5) is 0 Å². The summed E-state index contributed by atoms with van der Waals surface area (Å²) in [5, 5.41) is 3.10. The Bertz CT molecular complexity index is 693. The lowest BCUT2D eigenvalue weighted by molar-refractivity contribution is -0.146. The molecule has 0 atom stereocenters. The van der Waals surface area contributed by atoms with E-state index in [1.165, 1.54) is 19.3 Å². The average molecular weight is 385 g/mol. The van der Waals surface area contributed by atoms with E-state index in [1.54, 1.807) is 12.0 Å². The Morgan fingerprint density at radius 1 is 1.07 bits per heavy atom. The molecule has 0 unspecified atom stereocenters. The summed E-state index contributed by atoms with van der Waals surface area (Å²) in [7, 11) is 3.45. The monoisotopic (exact) mass is 384 g/mol. The van der Waals surface area contributed by atoms with Gasteiger partial charge in [0.1, 0.15) is 5.75 Å². The molecule has 0 spiro atoms. The summed E-state index contributed by atoms with van der Waals surface area (Å²) in [5.74, 6) is 3.35. The van der Waals surface area contributed by atoms with Crippen molar-refractivity contribution in [3.63, 3.8) is 0 Å². The summed E-state index contributed by atoms with van der Waals surface area (Å²) in [6.07, 6.45) is 7.55. The Morgan fingerprint density at radius 3 is 2.18 bits per heavy atom. The van der Waals surface area contributed by atoms with Gasteiger partial charge in [0, 0.05) is 32.0 Å². The number of ether oxygens (including phenoxy) is 1. The van der Waals surface area contributed by atoms with Crippen molar-refractivity contribution in [1.82, 2.24) is 10.2 Å². The zero-order valence-electron chi connectivity index (χ0n) is 17.1. The number of methoxy groups -OCH3 is 1. The highest BCUT2D eigenvalue weighted by atomic mass is 16.5. The topological polar surface area (TPSA) is 58.6 Å². The zero-order chi connectivity index (χ0) is 19.7. The minimum absolute atomic E-state index is 0.0571. The molecule has 1 aromatic rings. The molecular weight excluding hydrogens is 352 g/mol. The molecule has 4 aliphatic carbocycles. The van der Waals surface area contributed by atoms with Crippen LogP contribution in [0.5, 0.6) is 5.75 Å². The van der Waals surface area contributed by atoms with Crippen LogP contribution in [0, 0.1) is 23.2 Å². The largest absolute Gasteiger partial charge is 0.497 e. The predicted octanol–water partition coefficient (Wildman–Crippen LogP) is 3.38. The molecule has 5 heteroatoms. The number of benzene rings is 1. The highest BCUT2D eigenvalue weighted by molar-refractivity contribution is 5.84.